The third kappa shape index (κ3) is 4.68. The molecule has 3 aromatic rings. The van der Waals surface area contributed by atoms with Gasteiger partial charge in [-0.3, -0.25) is 4.79 Å². The lowest BCUT2D eigenvalue weighted by Gasteiger charge is -2.08. The summed E-state index contributed by atoms with van der Waals surface area (Å²) < 4.78 is 27.0. The van der Waals surface area contributed by atoms with E-state index in [2.05, 4.69) is 5.32 Å². The van der Waals surface area contributed by atoms with Crippen LogP contribution in [0.3, 0.4) is 0 Å². The number of nitrogens with zero attached hydrogens (tertiary/aromatic N) is 1. The summed E-state index contributed by atoms with van der Waals surface area (Å²) in [6.07, 6.45) is 1.80. The molecule has 0 saturated carbocycles. The average Bonchev–Trinajstić information content (AvgIpc) is 2.70. The first-order valence-electron chi connectivity index (χ1n) is 8.57. The van der Waals surface area contributed by atoms with E-state index in [1.54, 1.807) is 30.3 Å². The highest BCUT2D eigenvalue weighted by Gasteiger charge is 2.12. The number of amides is 1. The predicted octanol–water partition coefficient (Wildman–Crippen LogP) is 5.10. The SMILES string of the molecule is N#C/C(=C\c1ccccc1Cc1ccccc1F)C(=O)Nc1ccc(F)cc1. The van der Waals surface area contributed by atoms with Crippen molar-refractivity contribution >= 4 is 17.7 Å². The molecule has 0 fully saturated rings. The van der Waals surface area contributed by atoms with Crippen molar-refractivity contribution in [3.8, 4) is 6.07 Å². The van der Waals surface area contributed by atoms with Gasteiger partial charge >= 0.3 is 0 Å². The summed E-state index contributed by atoms with van der Waals surface area (Å²) in [5.74, 6) is -1.33. The second-order valence-corrected chi connectivity index (χ2v) is 6.10. The number of carbonyl (C=O) groups is 1. The van der Waals surface area contributed by atoms with Crippen LogP contribution in [-0.2, 0) is 11.2 Å². The van der Waals surface area contributed by atoms with Crippen molar-refractivity contribution in [3.63, 3.8) is 0 Å². The molecule has 0 heterocycles. The quantitative estimate of drug-likeness (QED) is 0.499. The molecule has 3 rings (SSSR count). The summed E-state index contributed by atoms with van der Waals surface area (Å²) in [5, 5.41) is 12.0. The van der Waals surface area contributed by atoms with Crippen LogP contribution in [0, 0.1) is 23.0 Å². The lowest BCUT2D eigenvalue weighted by atomic mass is 9.98. The minimum absolute atomic E-state index is 0.106. The maximum Gasteiger partial charge on any atom is 0.266 e. The summed E-state index contributed by atoms with van der Waals surface area (Å²) in [4.78, 5) is 12.4. The highest BCUT2D eigenvalue weighted by Crippen LogP contribution is 2.20. The third-order valence-corrected chi connectivity index (χ3v) is 4.16. The number of benzene rings is 3. The second-order valence-electron chi connectivity index (χ2n) is 6.10. The molecule has 0 aromatic heterocycles. The highest BCUT2D eigenvalue weighted by atomic mass is 19.1. The molecule has 0 saturated heterocycles. The van der Waals surface area contributed by atoms with Gasteiger partial charge in [0.15, 0.2) is 0 Å². The zero-order chi connectivity index (χ0) is 19.9. The number of carbonyl (C=O) groups excluding carboxylic acids is 1. The first-order valence-corrected chi connectivity index (χ1v) is 8.57. The van der Waals surface area contributed by atoms with Gasteiger partial charge in [0.25, 0.3) is 5.91 Å². The zero-order valence-corrected chi connectivity index (χ0v) is 14.8. The first kappa shape index (κ1) is 19.0. The predicted molar refractivity (Wildman–Crippen MR) is 104 cm³/mol. The number of rotatable bonds is 5. The fourth-order valence-corrected chi connectivity index (χ4v) is 2.72. The van der Waals surface area contributed by atoms with Gasteiger partial charge in [-0.15, -0.1) is 0 Å². The Balaban J connectivity index is 1.86. The Morgan fingerprint density at radius 3 is 2.25 bits per heavy atom. The maximum absolute atomic E-state index is 14.0. The smallest absolute Gasteiger partial charge is 0.266 e. The van der Waals surface area contributed by atoms with Crippen molar-refractivity contribution in [3.05, 3.63) is 107 Å². The van der Waals surface area contributed by atoms with Gasteiger partial charge in [-0.25, -0.2) is 8.78 Å². The monoisotopic (exact) mass is 374 g/mol. The minimum Gasteiger partial charge on any atom is -0.321 e. The molecule has 5 heteroatoms. The zero-order valence-electron chi connectivity index (χ0n) is 14.8. The standard InChI is InChI=1S/C23H16F2N2O/c24-20-9-11-21(12-10-20)27-23(28)19(15-26)14-17-6-2-1-5-16(17)13-18-7-3-4-8-22(18)25/h1-12,14H,13H2,(H,27,28)/b19-14+. The van der Waals surface area contributed by atoms with Gasteiger partial charge in [-0.2, -0.15) is 5.26 Å². The van der Waals surface area contributed by atoms with Gasteiger partial charge in [0, 0.05) is 12.1 Å². The molecule has 3 nitrogen and oxygen atoms in total. The molecule has 3 aromatic carbocycles. The van der Waals surface area contributed by atoms with Crippen molar-refractivity contribution in [2.24, 2.45) is 0 Å². The van der Waals surface area contributed by atoms with Gasteiger partial charge < -0.3 is 5.32 Å². The Morgan fingerprint density at radius 1 is 0.929 bits per heavy atom. The van der Waals surface area contributed by atoms with E-state index in [-0.39, 0.29) is 11.4 Å². The summed E-state index contributed by atoms with van der Waals surface area (Å²) in [6, 6.07) is 20.8. The molecule has 0 aliphatic rings. The van der Waals surface area contributed by atoms with Crippen molar-refractivity contribution in [1.29, 1.82) is 5.26 Å². The van der Waals surface area contributed by atoms with Crippen molar-refractivity contribution in [2.75, 3.05) is 5.32 Å². The van der Waals surface area contributed by atoms with Crippen LogP contribution in [0.25, 0.3) is 6.08 Å². The number of hydrogen-bond acceptors (Lipinski definition) is 2. The molecule has 1 N–H and O–H groups in total. The van der Waals surface area contributed by atoms with Crippen LogP contribution < -0.4 is 5.32 Å². The molecule has 0 aliphatic carbocycles. The fourth-order valence-electron chi connectivity index (χ4n) is 2.72. The Labute approximate surface area is 161 Å². The van der Waals surface area contributed by atoms with Crippen LogP contribution in [0.1, 0.15) is 16.7 Å². The summed E-state index contributed by atoms with van der Waals surface area (Å²) >= 11 is 0. The molecule has 0 bridgehead atoms. The Kier molecular flexibility index (Phi) is 5.93. The second kappa shape index (κ2) is 8.74. The van der Waals surface area contributed by atoms with E-state index in [4.69, 9.17) is 0 Å². The lowest BCUT2D eigenvalue weighted by molar-refractivity contribution is -0.112. The summed E-state index contributed by atoms with van der Waals surface area (Å²) in [5.41, 5.74) is 2.24. The van der Waals surface area contributed by atoms with E-state index in [1.807, 2.05) is 18.2 Å². The molecular formula is C23H16F2N2O. The number of nitriles is 1. The lowest BCUT2D eigenvalue weighted by Crippen LogP contribution is -2.13. The Hall–Kier alpha value is -3.78. The van der Waals surface area contributed by atoms with Crippen LogP contribution in [0.5, 0.6) is 0 Å². The molecule has 0 aliphatic heterocycles. The van der Waals surface area contributed by atoms with E-state index in [9.17, 15) is 18.8 Å². The van der Waals surface area contributed by atoms with E-state index >= 15 is 0 Å². The normalized spacial score (nSPS) is 11.0. The first-order chi connectivity index (χ1) is 13.6. The van der Waals surface area contributed by atoms with Crippen LogP contribution in [0.2, 0.25) is 0 Å². The summed E-state index contributed by atoms with van der Waals surface area (Å²) in [6.45, 7) is 0. The number of hydrogen-bond donors (Lipinski definition) is 1. The van der Waals surface area contributed by atoms with Crippen molar-refractivity contribution in [2.45, 2.75) is 6.42 Å². The van der Waals surface area contributed by atoms with Gasteiger partial charge in [0.1, 0.15) is 23.3 Å². The van der Waals surface area contributed by atoms with Crippen LogP contribution in [0.4, 0.5) is 14.5 Å². The van der Waals surface area contributed by atoms with Gasteiger partial charge in [-0.05, 0) is 53.1 Å². The van der Waals surface area contributed by atoms with Crippen LogP contribution in [-0.4, -0.2) is 5.91 Å². The largest absolute Gasteiger partial charge is 0.321 e. The topological polar surface area (TPSA) is 52.9 Å². The molecule has 0 radical (unpaired) electrons. The molecular weight excluding hydrogens is 358 g/mol. The van der Waals surface area contributed by atoms with Gasteiger partial charge in [-0.1, -0.05) is 42.5 Å². The minimum atomic E-state index is -0.602. The maximum atomic E-state index is 14.0. The van der Waals surface area contributed by atoms with E-state index in [0.29, 0.717) is 23.2 Å². The van der Waals surface area contributed by atoms with Gasteiger partial charge in [0.2, 0.25) is 0 Å². The average molecular weight is 374 g/mol. The van der Waals surface area contributed by atoms with E-state index in [0.717, 1.165) is 5.56 Å². The van der Waals surface area contributed by atoms with Crippen LogP contribution in [0.15, 0.2) is 78.4 Å². The van der Waals surface area contributed by atoms with E-state index in [1.165, 1.54) is 36.4 Å². The van der Waals surface area contributed by atoms with Crippen LogP contribution >= 0.6 is 0 Å². The highest BCUT2D eigenvalue weighted by molar-refractivity contribution is 6.09. The van der Waals surface area contributed by atoms with E-state index < -0.39 is 11.7 Å². The van der Waals surface area contributed by atoms with Crippen molar-refractivity contribution in [1.82, 2.24) is 0 Å². The van der Waals surface area contributed by atoms with Gasteiger partial charge in [0.05, 0.1) is 0 Å². The fraction of sp³-hybridized carbons (Fsp3) is 0.0435. The third-order valence-electron chi connectivity index (χ3n) is 4.16. The van der Waals surface area contributed by atoms with Crippen molar-refractivity contribution < 1.29 is 13.6 Å². The number of halogens is 2. The molecule has 28 heavy (non-hydrogen) atoms. The number of nitrogens with one attached hydrogen (secondary N) is 1. The molecule has 1 amide bonds. The number of anilines is 1. The molecule has 0 atom stereocenters. The summed E-state index contributed by atoms with van der Waals surface area (Å²) in [7, 11) is 0. The molecule has 138 valence electrons. The Morgan fingerprint density at radius 2 is 1.57 bits per heavy atom. The molecule has 0 unspecified atom stereocenters. The molecule has 0 spiro atoms. The Bertz CT molecular complexity index is 1070.